The maximum Gasteiger partial charge on any atom is 0.258 e. The summed E-state index contributed by atoms with van der Waals surface area (Å²) in [5.41, 5.74) is 2.56. The third-order valence-corrected chi connectivity index (χ3v) is 5.57. The summed E-state index contributed by atoms with van der Waals surface area (Å²) in [6.07, 6.45) is 0.625. The van der Waals surface area contributed by atoms with E-state index in [9.17, 15) is 4.79 Å². The molecule has 2 unspecified atom stereocenters. The lowest BCUT2D eigenvalue weighted by molar-refractivity contribution is 0.0593. The van der Waals surface area contributed by atoms with Crippen molar-refractivity contribution in [3.05, 3.63) is 90.0 Å². The molecule has 0 radical (unpaired) electrons. The van der Waals surface area contributed by atoms with Crippen LogP contribution >= 0.6 is 0 Å². The molecule has 0 bridgehead atoms. The maximum absolute atomic E-state index is 13.3. The minimum Gasteiger partial charge on any atom is -0.490 e. The van der Waals surface area contributed by atoms with Gasteiger partial charge in [-0.05, 0) is 55.3 Å². The van der Waals surface area contributed by atoms with Crippen molar-refractivity contribution in [1.29, 1.82) is 0 Å². The van der Waals surface area contributed by atoms with Crippen molar-refractivity contribution in [2.24, 2.45) is 0 Å². The number of hydrogen-bond donors (Lipinski definition) is 1. The van der Waals surface area contributed by atoms with Crippen molar-refractivity contribution in [2.45, 2.75) is 32.5 Å². The fourth-order valence-electron chi connectivity index (χ4n) is 3.77. The van der Waals surface area contributed by atoms with E-state index >= 15 is 0 Å². The lowest BCUT2D eigenvalue weighted by atomic mass is 10.0. The molecule has 1 amide bonds. The molecule has 5 heteroatoms. The summed E-state index contributed by atoms with van der Waals surface area (Å²) in [6, 6.07) is 25.4. The lowest BCUT2D eigenvalue weighted by Crippen LogP contribution is -2.47. The number of rotatable bonds is 8. The molecule has 4 rings (SSSR count). The van der Waals surface area contributed by atoms with Crippen LogP contribution in [0.4, 0.5) is 5.69 Å². The number of amides is 1. The first-order valence-electron chi connectivity index (χ1n) is 10.8. The van der Waals surface area contributed by atoms with Crippen LogP contribution in [0, 0.1) is 0 Å². The number of benzene rings is 3. The molecule has 0 saturated carbocycles. The summed E-state index contributed by atoms with van der Waals surface area (Å²) in [7, 11) is 0. The van der Waals surface area contributed by atoms with E-state index in [0.29, 0.717) is 18.8 Å². The van der Waals surface area contributed by atoms with Crippen molar-refractivity contribution in [3.8, 4) is 11.5 Å². The quantitative estimate of drug-likeness (QED) is 0.492. The molecule has 31 heavy (non-hydrogen) atoms. The zero-order valence-corrected chi connectivity index (χ0v) is 18.0. The summed E-state index contributed by atoms with van der Waals surface area (Å²) < 4.78 is 11.6. The molecule has 3 aromatic rings. The van der Waals surface area contributed by atoms with E-state index in [1.54, 1.807) is 0 Å². The lowest BCUT2D eigenvalue weighted by Gasteiger charge is -2.41. The molecule has 0 aromatic heterocycles. The molecule has 1 aliphatic rings. The first-order chi connectivity index (χ1) is 15.2. The average Bonchev–Trinajstić information content (AvgIpc) is 2.82. The van der Waals surface area contributed by atoms with Gasteiger partial charge in [0.1, 0.15) is 30.9 Å². The summed E-state index contributed by atoms with van der Waals surface area (Å²) in [5.74, 6) is 1.63. The third-order valence-electron chi connectivity index (χ3n) is 5.57. The Kier molecular flexibility index (Phi) is 6.41. The van der Waals surface area contributed by atoms with Crippen molar-refractivity contribution in [1.82, 2.24) is 4.90 Å². The monoisotopic (exact) mass is 416 g/mol. The fourth-order valence-corrected chi connectivity index (χ4v) is 3.77. The Labute approximate surface area is 183 Å². The highest BCUT2D eigenvalue weighted by Gasteiger charge is 2.35. The van der Waals surface area contributed by atoms with Crippen LogP contribution in [0.2, 0.25) is 0 Å². The van der Waals surface area contributed by atoms with Crippen LogP contribution in [0.3, 0.4) is 0 Å². The molecule has 1 aliphatic heterocycles. The Morgan fingerprint density at radius 1 is 0.903 bits per heavy atom. The summed E-state index contributed by atoms with van der Waals surface area (Å²) >= 11 is 0. The second-order valence-corrected chi connectivity index (χ2v) is 7.64. The SMILES string of the molecule is CCC(C)N1C(=O)c2ccccc2NC1c1cccc(OCCOc2ccccc2)c1. The average molecular weight is 417 g/mol. The molecule has 0 aliphatic carbocycles. The van der Waals surface area contributed by atoms with E-state index in [1.807, 2.05) is 83.8 Å². The molecule has 1 N–H and O–H groups in total. The van der Waals surface area contributed by atoms with Gasteiger partial charge in [-0.25, -0.2) is 0 Å². The van der Waals surface area contributed by atoms with Crippen LogP contribution in [-0.4, -0.2) is 30.1 Å². The predicted octanol–water partition coefficient (Wildman–Crippen LogP) is 5.51. The number of carbonyl (C=O) groups excluding carboxylic acids is 1. The number of ether oxygens (including phenoxy) is 2. The molecular weight excluding hydrogens is 388 g/mol. The third kappa shape index (κ3) is 4.66. The van der Waals surface area contributed by atoms with E-state index in [4.69, 9.17) is 9.47 Å². The van der Waals surface area contributed by atoms with E-state index in [2.05, 4.69) is 19.2 Å². The second kappa shape index (κ2) is 9.56. The van der Waals surface area contributed by atoms with E-state index in [1.165, 1.54) is 0 Å². The maximum atomic E-state index is 13.3. The number of nitrogens with one attached hydrogen (secondary N) is 1. The Bertz CT molecular complexity index is 1020. The number of carbonyl (C=O) groups is 1. The molecule has 0 fully saturated rings. The Balaban J connectivity index is 1.49. The van der Waals surface area contributed by atoms with Crippen molar-refractivity contribution in [3.63, 3.8) is 0 Å². The molecule has 2 atom stereocenters. The second-order valence-electron chi connectivity index (χ2n) is 7.64. The van der Waals surface area contributed by atoms with Gasteiger partial charge in [-0.15, -0.1) is 0 Å². The summed E-state index contributed by atoms with van der Waals surface area (Å²) in [5, 5.41) is 3.55. The van der Waals surface area contributed by atoms with Gasteiger partial charge < -0.3 is 19.7 Å². The van der Waals surface area contributed by atoms with Gasteiger partial charge >= 0.3 is 0 Å². The first-order valence-corrected chi connectivity index (χ1v) is 10.8. The molecule has 5 nitrogen and oxygen atoms in total. The van der Waals surface area contributed by atoms with Gasteiger partial charge in [0, 0.05) is 11.7 Å². The van der Waals surface area contributed by atoms with Gasteiger partial charge in [-0.3, -0.25) is 4.79 Å². The minimum atomic E-state index is -0.249. The highest BCUT2D eigenvalue weighted by molar-refractivity contribution is 6.01. The van der Waals surface area contributed by atoms with Gasteiger partial charge in [-0.1, -0.05) is 49.4 Å². The molecule has 160 valence electrons. The van der Waals surface area contributed by atoms with Crippen LogP contribution in [-0.2, 0) is 0 Å². The normalized spacial score (nSPS) is 16.3. The topological polar surface area (TPSA) is 50.8 Å². The first kappa shape index (κ1) is 20.8. The Morgan fingerprint density at radius 2 is 1.58 bits per heavy atom. The summed E-state index contributed by atoms with van der Waals surface area (Å²) in [6.45, 7) is 5.08. The largest absolute Gasteiger partial charge is 0.490 e. The van der Waals surface area contributed by atoms with Crippen LogP contribution in [0.25, 0.3) is 0 Å². The Hall–Kier alpha value is -3.47. The molecule has 0 spiro atoms. The van der Waals surface area contributed by atoms with Gasteiger partial charge in [0.15, 0.2) is 0 Å². The van der Waals surface area contributed by atoms with Gasteiger partial charge in [0.2, 0.25) is 0 Å². The van der Waals surface area contributed by atoms with Crippen LogP contribution in [0.15, 0.2) is 78.9 Å². The van der Waals surface area contributed by atoms with Gasteiger partial charge in [0.05, 0.1) is 5.56 Å². The van der Waals surface area contributed by atoms with Gasteiger partial charge in [0.25, 0.3) is 5.91 Å². The molecular formula is C26H28N2O3. The van der Waals surface area contributed by atoms with Crippen molar-refractivity contribution in [2.75, 3.05) is 18.5 Å². The zero-order valence-electron chi connectivity index (χ0n) is 18.0. The standard InChI is InChI=1S/C26H28N2O3/c1-3-19(2)28-25(27-24-15-8-7-14-23(24)26(28)29)20-10-9-13-22(18-20)31-17-16-30-21-11-5-4-6-12-21/h4-15,18-19,25,27H,3,16-17H2,1-2H3. The predicted molar refractivity (Wildman–Crippen MR) is 123 cm³/mol. The highest BCUT2D eigenvalue weighted by Crippen LogP contribution is 2.35. The fraction of sp³-hybridized carbons (Fsp3) is 0.269. The van der Waals surface area contributed by atoms with Crippen LogP contribution in [0.1, 0.15) is 42.4 Å². The van der Waals surface area contributed by atoms with Gasteiger partial charge in [-0.2, -0.15) is 0 Å². The number of anilines is 1. The summed E-state index contributed by atoms with van der Waals surface area (Å²) in [4.78, 5) is 15.2. The van der Waals surface area contributed by atoms with E-state index in [-0.39, 0.29) is 18.1 Å². The molecule has 0 saturated heterocycles. The smallest absolute Gasteiger partial charge is 0.258 e. The number of fused-ring (bicyclic) bond motifs is 1. The highest BCUT2D eigenvalue weighted by atomic mass is 16.5. The van der Waals surface area contributed by atoms with E-state index in [0.717, 1.165) is 29.2 Å². The zero-order chi connectivity index (χ0) is 21.6. The van der Waals surface area contributed by atoms with E-state index < -0.39 is 0 Å². The number of hydrogen-bond acceptors (Lipinski definition) is 4. The van der Waals surface area contributed by atoms with Crippen molar-refractivity contribution < 1.29 is 14.3 Å². The molecule has 3 aromatic carbocycles. The molecule has 1 heterocycles. The van der Waals surface area contributed by atoms with Crippen molar-refractivity contribution >= 4 is 11.6 Å². The number of para-hydroxylation sites is 2. The Morgan fingerprint density at radius 3 is 2.35 bits per heavy atom. The van der Waals surface area contributed by atoms with Crippen LogP contribution in [0.5, 0.6) is 11.5 Å². The number of nitrogens with zero attached hydrogens (tertiary/aromatic N) is 1. The minimum absolute atomic E-state index is 0.0521. The van der Waals surface area contributed by atoms with Crippen LogP contribution < -0.4 is 14.8 Å².